The van der Waals surface area contributed by atoms with E-state index in [4.69, 9.17) is 4.74 Å². The minimum atomic E-state index is -0.179. The molecule has 3 nitrogen and oxygen atoms in total. The topological polar surface area (TPSA) is 29.5 Å². The van der Waals surface area contributed by atoms with Gasteiger partial charge in [-0.1, -0.05) is 13.0 Å². The summed E-state index contributed by atoms with van der Waals surface area (Å²) < 4.78 is 6.35. The second-order valence-electron chi connectivity index (χ2n) is 2.96. The van der Waals surface area contributed by atoms with Crippen molar-refractivity contribution in [2.75, 3.05) is 19.7 Å². The fourth-order valence-electron chi connectivity index (χ4n) is 1.09. The first-order valence-electron chi connectivity index (χ1n) is 4.50. The average Bonchev–Trinajstić information content (AvgIpc) is 2.15. The first-order chi connectivity index (χ1) is 6.24. The first-order valence-corrected chi connectivity index (χ1v) is 5.58. The molecule has 13 heavy (non-hydrogen) atoms. The summed E-state index contributed by atoms with van der Waals surface area (Å²) in [5, 5.41) is 0. The predicted molar refractivity (Wildman–Crippen MR) is 59.9 cm³/mol. The van der Waals surface area contributed by atoms with Gasteiger partial charge < -0.3 is 9.64 Å². The molecule has 0 saturated carbocycles. The molecular weight excluding hydrogens is 281 g/mol. The lowest BCUT2D eigenvalue weighted by atomic mass is 10.3. The van der Waals surface area contributed by atoms with Crippen LogP contribution in [0.4, 0.5) is 4.79 Å². The predicted octanol–water partition coefficient (Wildman–Crippen LogP) is 2.56. The number of rotatable bonds is 2. The number of ether oxygens (including phenoxy) is 1. The van der Waals surface area contributed by atoms with Gasteiger partial charge in [-0.15, -0.1) is 0 Å². The summed E-state index contributed by atoms with van der Waals surface area (Å²) >= 11 is 2.30. The van der Waals surface area contributed by atoms with Crippen LogP contribution in [0.1, 0.15) is 19.8 Å². The molecule has 1 heterocycles. The second kappa shape index (κ2) is 5.47. The van der Waals surface area contributed by atoms with Crippen LogP contribution in [0.2, 0.25) is 0 Å². The summed E-state index contributed by atoms with van der Waals surface area (Å²) in [6, 6.07) is 0. The molecule has 0 aromatic rings. The van der Waals surface area contributed by atoms with Gasteiger partial charge in [-0.05, 0) is 39.0 Å². The number of halogens is 1. The van der Waals surface area contributed by atoms with Crippen LogP contribution in [0.5, 0.6) is 0 Å². The minimum absolute atomic E-state index is 0.179. The van der Waals surface area contributed by atoms with Gasteiger partial charge in [-0.3, -0.25) is 0 Å². The highest BCUT2D eigenvalue weighted by molar-refractivity contribution is 14.1. The van der Waals surface area contributed by atoms with Crippen LogP contribution in [0, 0.1) is 0 Å². The van der Waals surface area contributed by atoms with Crippen LogP contribution in [-0.4, -0.2) is 30.7 Å². The number of amides is 1. The smallest absolute Gasteiger partial charge is 0.410 e. The van der Waals surface area contributed by atoms with Crippen LogP contribution in [-0.2, 0) is 4.74 Å². The summed E-state index contributed by atoms with van der Waals surface area (Å²) in [7, 11) is 0. The fourth-order valence-corrected chi connectivity index (χ4v) is 1.53. The Hall–Kier alpha value is -0.260. The van der Waals surface area contributed by atoms with E-state index in [1.807, 2.05) is 6.92 Å². The van der Waals surface area contributed by atoms with Gasteiger partial charge in [-0.25, -0.2) is 4.79 Å². The van der Waals surface area contributed by atoms with E-state index in [1.54, 1.807) is 4.90 Å². The molecule has 0 bridgehead atoms. The molecular formula is C9H14INO2. The molecule has 0 radical (unpaired) electrons. The van der Waals surface area contributed by atoms with Gasteiger partial charge in [0.15, 0.2) is 0 Å². The zero-order chi connectivity index (χ0) is 9.68. The Labute approximate surface area is 92.3 Å². The minimum Gasteiger partial charge on any atom is -0.449 e. The van der Waals surface area contributed by atoms with Crippen LogP contribution in [0.3, 0.4) is 0 Å². The van der Waals surface area contributed by atoms with Crippen molar-refractivity contribution in [3.8, 4) is 0 Å². The summed E-state index contributed by atoms with van der Waals surface area (Å²) in [6.45, 7) is 4.00. The van der Waals surface area contributed by atoms with Gasteiger partial charge in [0.2, 0.25) is 0 Å². The SMILES string of the molecule is CCCOC(=O)N1CC=C(I)CC1. The molecule has 0 N–H and O–H groups in total. The third-order valence-electron chi connectivity index (χ3n) is 1.84. The third kappa shape index (κ3) is 3.54. The Morgan fingerprint density at radius 3 is 3.08 bits per heavy atom. The van der Waals surface area contributed by atoms with Gasteiger partial charge in [0, 0.05) is 13.1 Å². The molecule has 1 amide bonds. The standard InChI is InChI=1S/C9H14INO2/c1-2-7-13-9(12)11-5-3-8(10)4-6-11/h3H,2,4-7H2,1H3. The molecule has 0 saturated heterocycles. The molecule has 0 aliphatic carbocycles. The normalized spacial score (nSPS) is 16.8. The number of carbonyl (C=O) groups excluding carboxylic acids is 1. The van der Waals surface area contributed by atoms with Crippen LogP contribution >= 0.6 is 22.6 Å². The van der Waals surface area contributed by atoms with Crippen molar-refractivity contribution < 1.29 is 9.53 Å². The summed E-state index contributed by atoms with van der Waals surface area (Å²) in [5.41, 5.74) is 0. The van der Waals surface area contributed by atoms with Crippen molar-refractivity contribution in [3.05, 3.63) is 9.66 Å². The number of nitrogens with zero attached hydrogens (tertiary/aromatic N) is 1. The third-order valence-corrected chi connectivity index (χ3v) is 2.82. The van der Waals surface area contributed by atoms with Gasteiger partial charge in [0.25, 0.3) is 0 Å². The van der Waals surface area contributed by atoms with Crippen LogP contribution in [0.25, 0.3) is 0 Å². The molecule has 0 aromatic carbocycles. The summed E-state index contributed by atoms with van der Waals surface area (Å²) in [5.74, 6) is 0. The van der Waals surface area contributed by atoms with Crippen molar-refractivity contribution in [1.82, 2.24) is 4.90 Å². The maximum Gasteiger partial charge on any atom is 0.410 e. The lowest BCUT2D eigenvalue weighted by molar-refractivity contribution is 0.106. The molecule has 1 aliphatic rings. The van der Waals surface area contributed by atoms with Crippen molar-refractivity contribution in [1.29, 1.82) is 0 Å². The Morgan fingerprint density at radius 2 is 2.54 bits per heavy atom. The molecule has 4 heteroatoms. The highest BCUT2D eigenvalue weighted by Crippen LogP contribution is 2.17. The zero-order valence-corrected chi connectivity index (χ0v) is 9.91. The Balaban J connectivity index is 2.32. The van der Waals surface area contributed by atoms with Crippen molar-refractivity contribution >= 4 is 28.7 Å². The summed E-state index contributed by atoms with van der Waals surface area (Å²) in [6.07, 6.45) is 3.73. The second-order valence-corrected chi connectivity index (χ2v) is 4.35. The molecule has 1 aliphatic heterocycles. The lowest BCUT2D eigenvalue weighted by Gasteiger charge is -2.23. The highest BCUT2D eigenvalue weighted by Gasteiger charge is 2.16. The number of carbonyl (C=O) groups is 1. The lowest BCUT2D eigenvalue weighted by Crippen LogP contribution is -2.34. The molecule has 0 atom stereocenters. The summed E-state index contributed by atoms with van der Waals surface area (Å²) in [4.78, 5) is 13.1. The largest absolute Gasteiger partial charge is 0.449 e. The van der Waals surface area contributed by atoms with Gasteiger partial charge in [0.05, 0.1) is 6.61 Å². The fraction of sp³-hybridized carbons (Fsp3) is 0.667. The van der Waals surface area contributed by atoms with E-state index in [1.165, 1.54) is 3.58 Å². The quantitative estimate of drug-likeness (QED) is 0.733. The molecule has 74 valence electrons. The number of hydrogen-bond acceptors (Lipinski definition) is 2. The maximum atomic E-state index is 11.3. The number of hydrogen-bond donors (Lipinski definition) is 0. The molecule has 0 aromatic heterocycles. The van der Waals surface area contributed by atoms with E-state index in [0.717, 1.165) is 19.4 Å². The van der Waals surface area contributed by atoms with E-state index < -0.39 is 0 Å². The monoisotopic (exact) mass is 295 g/mol. The van der Waals surface area contributed by atoms with Crippen molar-refractivity contribution in [3.63, 3.8) is 0 Å². The van der Waals surface area contributed by atoms with Crippen LogP contribution in [0.15, 0.2) is 9.66 Å². The van der Waals surface area contributed by atoms with Gasteiger partial charge in [0.1, 0.15) is 0 Å². The maximum absolute atomic E-state index is 11.3. The van der Waals surface area contributed by atoms with Gasteiger partial charge in [-0.2, -0.15) is 0 Å². The van der Waals surface area contributed by atoms with E-state index in [2.05, 4.69) is 28.7 Å². The molecule has 1 rings (SSSR count). The van der Waals surface area contributed by atoms with Crippen LogP contribution < -0.4 is 0 Å². The Morgan fingerprint density at radius 1 is 1.77 bits per heavy atom. The molecule has 0 fully saturated rings. The zero-order valence-electron chi connectivity index (χ0n) is 7.75. The highest BCUT2D eigenvalue weighted by atomic mass is 127. The average molecular weight is 295 g/mol. The Kier molecular flexibility index (Phi) is 4.55. The molecule has 0 spiro atoms. The Bertz CT molecular complexity index is 216. The van der Waals surface area contributed by atoms with E-state index in [-0.39, 0.29) is 6.09 Å². The van der Waals surface area contributed by atoms with E-state index in [0.29, 0.717) is 13.2 Å². The van der Waals surface area contributed by atoms with Crippen molar-refractivity contribution in [2.45, 2.75) is 19.8 Å². The molecule has 0 unspecified atom stereocenters. The van der Waals surface area contributed by atoms with E-state index in [9.17, 15) is 4.79 Å². The van der Waals surface area contributed by atoms with Gasteiger partial charge >= 0.3 is 6.09 Å². The van der Waals surface area contributed by atoms with E-state index >= 15 is 0 Å². The van der Waals surface area contributed by atoms with Crippen molar-refractivity contribution in [2.24, 2.45) is 0 Å². The first kappa shape index (κ1) is 10.8.